The van der Waals surface area contributed by atoms with Crippen molar-refractivity contribution in [2.24, 2.45) is 0 Å². The highest BCUT2D eigenvalue weighted by molar-refractivity contribution is 7.91. The maximum atomic E-state index is 12.7. The normalized spacial score (nSPS) is 16.0. The summed E-state index contributed by atoms with van der Waals surface area (Å²) in [7, 11) is -2.05. The Morgan fingerprint density at radius 1 is 1.12 bits per heavy atom. The van der Waals surface area contributed by atoms with E-state index < -0.39 is 10.0 Å². The topological polar surface area (TPSA) is 66.9 Å². The van der Waals surface area contributed by atoms with E-state index in [2.05, 4.69) is 0 Å². The Hall–Kier alpha value is -1.61. The van der Waals surface area contributed by atoms with Crippen LogP contribution in [0.15, 0.2) is 40.6 Å². The number of halogens is 1. The van der Waals surface area contributed by atoms with Crippen molar-refractivity contribution in [3.05, 3.63) is 46.3 Å². The number of piperazine rings is 1. The molecule has 1 saturated heterocycles. The Labute approximate surface area is 155 Å². The Bertz CT molecular complexity index is 874. The maximum absolute atomic E-state index is 12.7. The highest BCUT2D eigenvalue weighted by atomic mass is 35.5. The Morgan fingerprint density at radius 3 is 2.40 bits per heavy atom. The lowest BCUT2D eigenvalue weighted by atomic mass is 10.1. The summed E-state index contributed by atoms with van der Waals surface area (Å²) in [6.45, 7) is 1.15. The van der Waals surface area contributed by atoms with E-state index in [-0.39, 0.29) is 23.2 Å². The molecule has 0 atom stereocenters. The highest BCUT2D eigenvalue weighted by Crippen LogP contribution is 2.29. The third-order valence-corrected chi connectivity index (χ3v) is 7.60. The van der Waals surface area contributed by atoms with E-state index in [1.807, 2.05) is 0 Å². The quantitative estimate of drug-likeness (QED) is 0.791. The van der Waals surface area contributed by atoms with Gasteiger partial charge in [-0.1, -0.05) is 23.7 Å². The van der Waals surface area contributed by atoms with E-state index in [0.29, 0.717) is 28.7 Å². The highest BCUT2D eigenvalue weighted by Gasteiger charge is 2.31. The van der Waals surface area contributed by atoms with Gasteiger partial charge in [0.15, 0.2) is 0 Å². The minimum atomic E-state index is -3.56. The number of carbonyl (C=O) groups is 1. The lowest BCUT2D eigenvalue weighted by Gasteiger charge is -2.34. The molecule has 9 heteroatoms. The summed E-state index contributed by atoms with van der Waals surface area (Å²) in [5, 5.41) is 0. The van der Waals surface area contributed by atoms with Crippen molar-refractivity contribution >= 4 is 38.9 Å². The third-order valence-electron chi connectivity index (χ3n) is 4.01. The fourth-order valence-corrected chi connectivity index (χ4v) is 5.75. The number of nitrogens with zero attached hydrogens (tertiary/aromatic N) is 2. The first-order valence-corrected chi connectivity index (χ1v) is 10.2. The predicted octanol–water partition coefficient (Wildman–Crippen LogP) is 2.56. The number of benzene rings is 1. The second-order valence-electron chi connectivity index (χ2n) is 5.46. The number of para-hydroxylation sites is 1. The molecule has 1 aromatic heterocycles. The molecule has 1 aromatic carbocycles. The van der Waals surface area contributed by atoms with Gasteiger partial charge in [-0.25, -0.2) is 8.42 Å². The van der Waals surface area contributed by atoms with E-state index in [1.165, 1.54) is 17.5 Å². The average Bonchev–Trinajstić information content (AvgIpc) is 3.08. The minimum Gasteiger partial charge on any atom is -0.496 e. The standard InChI is InChI=1S/C16H17ClN2O4S2/c1-23-13-5-3-2-4-12(13)16(20)18-8-10-19(11-9-18)25(21,22)15-7-6-14(17)24-15/h2-7H,8-11H2,1H3. The van der Waals surface area contributed by atoms with Gasteiger partial charge in [0.05, 0.1) is 17.0 Å². The van der Waals surface area contributed by atoms with Crippen LogP contribution in [0.4, 0.5) is 0 Å². The van der Waals surface area contributed by atoms with Crippen LogP contribution >= 0.6 is 22.9 Å². The van der Waals surface area contributed by atoms with Crippen LogP contribution in [-0.4, -0.2) is 56.8 Å². The molecule has 25 heavy (non-hydrogen) atoms. The van der Waals surface area contributed by atoms with Gasteiger partial charge in [0.1, 0.15) is 9.96 Å². The molecular weight excluding hydrogens is 384 g/mol. The molecule has 1 aliphatic rings. The van der Waals surface area contributed by atoms with E-state index in [9.17, 15) is 13.2 Å². The van der Waals surface area contributed by atoms with E-state index in [4.69, 9.17) is 16.3 Å². The molecule has 134 valence electrons. The maximum Gasteiger partial charge on any atom is 0.257 e. The molecule has 0 saturated carbocycles. The molecule has 0 aliphatic carbocycles. The number of methoxy groups -OCH3 is 1. The molecule has 6 nitrogen and oxygen atoms in total. The Morgan fingerprint density at radius 2 is 1.80 bits per heavy atom. The van der Waals surface area contributed by atoms with Crippen LogP contribution in [0, 0.1) is 0 Å². The zero-order chi connectivity index (χ0) is 18.0. The number of hydrogen-bond acceptors (Lipinski definition) is 5. The predicted molar refractivity (Wildman–Crippen MR) is 97.0 cm³/mol. The van der Waals surface area contributed by atoms with Crippen molar-refractivity contribution in [2.45, 2.75) is 4.21 Å². The van der Waals surface area contributed by atoms with Crippen molar-refractivity contribution in [3.63, 3.8) is 0 Å². The number of rotatable bonds is 4. The zero-order valence-electron chi connectivity index (χ0n) is 13.5. The minimum absolute atomic E-state index is 0.159. The van der Waals surface area contributed by atoms with E-state index in [0.717, 1.165) is 11.3 Å². The largest absolute Gasteiger partial charge is 0.496 e. The summed E-state index contributed by atoms with van der Waals surface area (Å²) in [6.07, 6.45) is 0. The van der Waals surface area contributed by atoms with Crippen LogP contribution in [0.25, 0.3) is 0 Å². The van der Waals surface area contributed by atoms with Crippen LogP contribution in [0.1, 0.15) is 10.4 Å². The Kier molecular flexibility index (Phi) is 5.33. The van der Waals surface area contributed by atoms with Gasteiger partial charge in [-0.15, -0.1) is 11.3 Å². The number of amides is 1. The second-order valence-corrected chi connectivity index (χ2v) is 9.33. The molecule has 0 spiro atoms. The molecule has 0 N–H and O–H groups in total. The zero-order valence-corrected chi connectivity index (χ0v) is 15.9. The summed E-state index contributed by atoms with van der Waals surface area (Å²) in [5.41, 5.74) is 0.478. The number of ether oxygens (including phenoxy) is 1. The first kappa shape index (κ1) is 18.2. The summed E-state index contributed by atoms with van der Waals surface area (Å²) < 4.78 is 32.5. The number of sulfonamides is 1. The fraction of sp³-hybridized carbons (Fsp3) is 0.312. The summed E-state index contributed by atoms with van der Waals surface area (Å²) in [5.74, 6) is 0.351. The van der Waals surface area contributed by atoms with E-state index in [1.54, 1.807) is 35.2 Å². The average molecular weight is 401 g/mol. The number of carbonyl (C=O) groups excluding carboxylic acids is 1. The molecule has 0 bridgehead atoms. The lowest BCUT2D eigenvalue weighted by molar-refractivity contribution is 0.0694. The van der Waals surface area contributed by atoms with Crippen LogP contribution in [0.5, 0.6) is 5.75 Å². The lowest BCUT2D eigenvalue weighted by Crippen LogP contribution is -2.50. The summed E-state index contributed by atoms with van der Waals surface area (Å²) >= 11 is 6.87. The van der Waals surface area contributed by atoms with Gasteiger partial charge in [0, 0.05) is 26.2 Å². The van der Waals surface area contributed by atoms with Gasteiger partial charge in [0.2, 0.25) is 0 Å². The van der Waals surface area contributed by atoms with Crippen molar-refractivity contribution in [1.29, 1.82) is 0 Å². The molecule has 3 rings (SSSR count). The fourth-order valence-electron chi connectivity index (χ4n) is 2.69. The molecule has 1 aliphatic heterocycles. The van der Waals surface area contributed by atoms with Gasteiger partial charge < -0.3 is 9.64 Å². The van der Waals surface area contributed by atoms with Gasteiger partial charge >= 0.3 is 0 Å². The molecule has 0 unspecified atom stereocenters. The monoisotopic (exact) mass is 400 g/mol. The molecule has 0 radical (unpaired) electrons. The second kappa shape index (κ2) is 7.33. The summed E-state index contributed by atoms with van der Waals surface area (Å²) in [4.78, 5) is 14.3. The van der Waals surface area contributed by atoms with Gasteiger partial charge in [0.25, 0.3) is 15.9 Å². The van der Waals surface area contributed by atoms with Crippen LogP contribution in [0.2, 0.25) is 4.34 Å². The first-order valence-electron chi connectivity index (χ1n) is 7.61. The molecule has 2 aromatic rings. The number of thiophene rings is 1. The van der Waals surface area contributed by atoms with Gasteiger partial charge in [-0.3, -0.25) is 4.79 Å². The third kappa shape index (κ3) is 3.67. The van der Waals surface area contributed by atoms with E-state index >= 15 is 0 Å². The summed E-state index contributed by atoms with van der Waals surface area (Å²) in [6, 6.07) is 10.1. The van der Waals surface area contributed by atoms with Crippen LogP contribution < -0.4 is 4.74 Å². The van der Waals surface area contributed by atoms with Gasteiger partial charge in [-0.05, 0) is 24.3 Å². The van der Waals surface area contributed by atoms with Crippen molar-refractivity contribution in [3.8, 4) is 5.75 Å². The Balaban J connectivity index is 1.70. The number of hydrogen-bond donors (Lipinski definition) is 0. The SMILES string of the molecule is COc1ccccc1C(=O)N1CCN(S(=O)(=O)c2ccc(Cl)s2)CC1. The first-order chi connectivity index (χ1) is 11.9. The molecule has 1 fully saturated rings. The van der Waals surface area contributed by atoms with Crippen molar-refractivity contribution < 1.29 is 17.9 Å². The molecule has 1 amide bonds. The van der Waals surface area contributed by atoms with Gasteiger partial charge in [-0.2, -0.15) is 4.31 Å². The van der Waals surface area contributed by atoms with Crippen LogP contribution in [-0.2, 0) is 10.0 Å². The smallest absolute Gasteiger partial charge is 0.257 e. The van der Waals surface area contributed by atoms with Crippen LogP contribution in [0.3, 0.4) is 0 Å². The molecular formula is C16H17ClN2O4S2. The molecule has 2 heterocycles. The van der Waals surface area contributed by atoms with Crippen molar-refractivity contribution in [2.75, 3.05) is 33.3 Å². The van der Waals surface area contributed by atoms with Crippen molar-refractivity contribution in [1.82, 2.24) is 9.21 Å².